The number of anilines is 1. The third kappa shape index (κ3) is 2.59. The molecule has 1 saturated heterocycles. The zero-order valence-corrected chi connectivity index (χ0v) is 13.0. The Kier molecular flexibility index (Phi) is 3.68. The molecule has 2 nitrogen and oxygen atoms in total. The Balaban J connectivity index is 1.88. The van der Waals surface area contributed by atoms with E-state index in [-0.39, 0.29) is 0 Å². The quantitative estimate of drug-likeness (QED) is 0.784. The number of piperidine rings is 1. The van der Waals surface area contributed by atoms with E-state index in [1.54, 1.807) is 11.3 Å². The number of aryl methyl sites for hydroxylation is 1. The highest BCUT2D eigenvalue weighted by Gasteiger charge is 2.20. The van der Waals surface area contributed by atoms with E-state index in [2.05, 4.69) is 18.7 Å². The second-order valence-electron chi connectivity index (χ2n) is 5.40. The van der Waals surface area contributed by atoms with Crippen LogP contribution in [0.15, 0.2) is 12.1 Å². The van der Waals surface area contributed by atoms with Crippen LogP contribution in [-0.4, -0.2) is 18.1 Å². The first-order valence-electron chi connectivity index (χ1n) is 6.99. The van der Waals surface area contributed by atoms with Gasteiger partial charge in [-0.2, -0.15) is 0 Å². The van der Waals surface area contributed by atoms with Gasteiger partial charge in [0.25, 0.3) is 0 Å². The van der Waals surface area contributed by atoms with E-state index in [1.807, 2.05) is 12.1 Å². The highest BCUT2D eigenvalue weighted by molar-refractivity contribution is 7.22. The molecule has 19 heavy (non-hydrogen) atoms. The second-order valence-corrected chi connectivity index (χ2v) is 6.85. The summed E-state index contributed by atoms with van der Waals surface area (Å²) in [5.41, 5.74) is 2.29. The van der Waals surface area contributed by atoms with Crippen LogP contribution in [-0.2, 0) is 0 Å². The molecule has 3 rings (SSSR count). The molecule has 0 unspecified atom stereocenters. The van der Waals surface area contributed by atoms with Gasteiger partial charge in [-0.25, -0.2) is 4.98 Å². The smallest absolute Gasteiger partial charge is 0.186 e. The molecule has 102 valence electrons. The summed E-state index contributed by atoms with van der Waals surface area (Å²) in [7, 11) is 0. The van der Waals surface area contributed by atoms with E-state index < -0.39 is 0 Å². The lowest BCUT2D eigenvalue weighted by Crippen LogP contribution is -2.33. The molecule has 0 spiro atoms. The van der Waals surface area contributed by atoms with Crippen molar-refractivity contribution in [1.82, 2.24) is 4.98 Å². The summed E-state index contributed by atoms with van der Waals surface area (Å²) in [5.74, 6) is 0.904. The maximum absolute atomic E-state index is 6.12. The van der Waals surface area contributed by atoms with Crippen molar-refractivity contribution >= 4 is 38.3 Å². The maximum atomic E-state index is 6.12. The highest BCUT2D eigenvalue weighted by Crippen LogP contribution is 2.34. The van der Waals surface area contributed by atoms with Crippen molar-refractivity contribution in [2.75, 3.05) is 18.0 Å². The second kappa shape index (κ2) is 5.29. The van der Waals surface area contributed by atoms with E-state index >= 15 is 0 Å². The van der Waals surface area contributed by atoms with E-state index in [1.165, 1.54) is 29.5 Å². The molecule has 0 bridgehead atoms. The highest BCUT2D eigenvalue weighted by atomic mass is 35.5. The average Bonchev–Trinajstić information content (AvgIpc) is 2.83. The zero-order chi connectivity index (χ0) is 13.4. The predicted molar refractivity (Wildman–Crippen MR) is 84.6 cm³/mol. The molecule has 4 heteroatoms. The molecule has 0 aliphatic carbocycles. The normalized spacial score (nSPS) is 17.3. The van der Waals surface area contributed by atoms with Gasteiger partial charge in [0, 0.05) is 18.1 Å². The van der Waals surface area contributed by atoms with Gasteiger partial charge in [0.05, 0.1) is 10.2 Å². The minimum absolute atomic E-state index is 0.810. The summed E-state index contributed by atoms with van der Waals surface area (Å²) >= 11 is 7.89. The summed E-state index contributed by atoms with van der Waals surface area (Å²) in [6.45, 7) is 6.67. The number of halogens is 1. The number of rotatable bonds is 2. The van der Waals surface area contributed by atoms with Crippen LogP contribution in [0.2, 0.25) is 5.02 Å². The fourth-order valence-electron chi connectivity index (χ4n) is 2.81. The lowest BCUT2D eigenvalue weighted by molar-refractivity contribution is 0.395. The van der Waals surface area contributed by atoms with Gasteiger partial charge < -0.3 is 4.90 Å². The summed E-state index contributed by atoms with van der Waals surface area (Å²) in [5, 5.41) is 1.97. The van der Waals surface area contributed by atoms with Crippen molar-refractivity contribution in [3.05, 3.63) is 22.7 Å². The molecule has 0 amide bonds. The average molecular weight is 295 g/mol. The molecule has 0 N–H and O–H groups in total. The Hall–Kier alpha value is -0.800. The van der Waals surface area contributed by atoms with Crippen LogP contribution in [0.1, 0.15) is 31.7 Å². The number of hydrogen-bond donors (Lipinski definition) is 0. The van der Waals surface area contributed by atoms with Gasteiger partial charge in [0.15, 0.2) is 5.13 Å². The molecule has 1 aromatic heterocycles. The number of nitrogens with zero attached hydrogens (tertiary/aromatic N) is 2. The minimum atomic E-state index is 0.810. The van der Waals surface area contributed by atoms with Crippen LogP contribution in [0, 0.1) is 12.8 Å². The maximum Gasteiger partial charge on any atom is 0.186 e. The van der Waals surface area contributed by atoms with Crippen LogP contribution < -0.4 is 4.90 Å². The van der Waals surface area contributed by atoms with Gasteiger partial charge in [-0.1, -0.05) is 36.3 Å². The van der Waals surface area contributed by atoms with Gasteiger partial charge in [0.1, 0.15) is 0 Å². The van der Waals surface area contributed by atoms with Crippen LogP contribution in [0.5, 0.6) is 0 Å². The SMILES string of the molecule is CCC1CCN(c2nc3c(C)cc(Cl)cc3s2)CC1. The van der Waals surface area contributed by atoms with Crippen LogP contribution in [0.25, 0.3) is 10.2 Å². The van der Waals surface area contributed by atoms with Crippen molar-refractivity contribution in [3.8, 4) is 0 Å². The Labute approximate surface area is 123 Å². The van der Waals surface area contributed by atoms with Gasteiger partial charge in [0.2, 0.25) is 0 Å². The Morgan fingerprint density at radius 1 is 1.37 bits per heavy atom. The van der Waals surface area contributed by atoms with Crippen molar-refractivity contribution in [1.29, 1.82) is 0 Å². The molecule has 0 radical (unpaired) electrons. The number of benzene rings is 1. The van der Waals surface area contributed by atoms with Crippen LogP contribution in [0.4, 0.5) is 5.13 Å². The zero-order valence-electron chi connectivity index (χ0n) is 11.4. The molecule has 0 saturated carbocycles. The fourth-order valence-corrected chi connectivity index (χ4v) is 4.28. The van der Waals surface area contributed by atoms with Gasteiger partial charge in [-0.3, -0.25) is 0 Å². The largest absolute Gasteiger partial charge is 0.348 e. The number of hydrogen-bond acceptors (Lipinski definition) is 3. The predicted octanol–water partition coefficient (Wildman–Crippen LogP) is 4.88. The van der Waals surface area contributed by atoms with Crippen LogP contribution >= 0.6 is 22.9 Å². The van der Waals surface area contributed by atoms with Crippen molar-refractivity contribution in [2.24, 2.45) is 5.92 Å². The lowest BCUT2D eigenvalue weighted by atomic mass is 9.95. The van der Waals surface area contributed by atoms with Crippen molar-refractivity contribution < 1.29 is 0 Å². The van der Waals surface area contributed by atoms with E-state index in [4.69, 9.17) is 16.6 Å². The van der Waals surface area contributed by atoms with Gasteiger partial charge in [-0.15, -0.1) is 0 Å². The fraction of sp³-hybridized carbons (Fsp3) is 0.533. The molecule has 2 heterocycles. The Bertz CT molecular complexity index is 585. The standard InChI is InChI=1S/C15H19ClN2S/c1-3-11-4-6-18(7-5-11)15-17-14-10(2)8-12(16)9-13(14)19-15/h8-9,11H,3-7H2,1-2H3. The van der Waals surface area contributed by atoms with Crippen molar-refractivity contribution in [3.63, 3.8) is 0 Å². The monoisotopic (exact) mass is 294 g/mol. The number of aromatic nitrogens is 1. The Morgan fingerprint density at radius 2 is 2.11 bits per heavy atom. The van der Waals surface area contributed by atoms with Gasteiger partial charge in [-0.05, 0) is 43.4 Å². The molecular formula is C15H19ClN2S. The van der Waals surface area contributed by atoms with E-state index in [0.717, 1.165) is 34.7 Å². The number of fused-ring (bicyclic) bond motifs is 1. The summed E-state index contributed by atoms with van der Waals surface area (Å²) < 4.78 is 1.21. The molecule has 0 atom stereocenters. The topological polar surface area (TPSA) is 16.1 Å². The van der Waals surface area contributed by atoms with E-state index in [0.29, 0.717) is 0 Å². The molecule has 2 aromatic rings. The lowest BCUT2D eigenvalue weighted by Gasteiger charge is -2.31. The molecular weight excluding hydrogens is 276 g/mol. The van der Waals surface area contributed by atoms with Crippen molar-refractivity contribution in [2.45, 2.75) is 33.1 Å². The third-order valence-corrected chi connectivity index (χ3v) is 5.38. The first-order valence-corrected chi connectivity index (χ1v) is 8.18. The molecule has 1 aromatic carbocycles. The van der Waals surface area contributed by atoms with Crippen LogP contribution in [0.3, 0.4) is 0 Å². The summed E-state index contributed by atoms with van der Waals surface area (Å²) in [6, 6.07) is 4.03. The third-order valence-electron chi connectivity index (χ3n) is 4.10. The summed E-state index contributed by atoms with van der Waals surface area (Å²) in [6.07, 6.45) is 3.90. The first-order chi connectivity index (χ1) is 9.17. The number of thiazole rings is 1. The first kappa shape index (κ1) is 13.2. The van der Waals surface area contributed by atoms with Gasteiger partial charge >= 0.3 is 0 Å². The molecule has 1 fully saturated rings. The van der Waals surface area contributed by atoms with E-state index in [9.17, 15) is 0 Å². The molecule has 1 aliphatic rings. The molecule has 1 aliphatic heterocycles. The minimum Gasteiger partial charge on any atom is -0.348 e. The Morgan fingerprint density at radius 3 is 2.79 bits per heavy atom. The summed E-state index contributed by atoms with van der Waals surface area (Å²) in [4.78, 5) is 7.25.